The topological polar surface area (TPSA) is 115 Å². The van der Waals surface area contributed by atoms with Crippen LogP contribution in [0.25, 0.3) is 0 Å². The lowest BCUT2D eigenvalue weighted by Gasteiger charge is -2.02. The number of halogens is 1. The summed E-state index contributed by atoms with van der Waals surface area (Å²) in [5.41, 5.74) is 1.87. The molecule has 8 heteroatoms. The number of nitrogens with one attached hydrogen (secondary N) is 1. The van der Waals surface area contributed by atoms with Crippen molar-refractivity contribution in [2.24, 2.45) is 5.10 Å². The van der Waals surface area contributed by atoms with Crippen molar-refractivity contribution in [1.82, 2.24) is 0 Å². The number of nitriles is 2. The predicted octanol–water partition coefficient (Wildman–Crippen LogP) is 2.06. The normalized spacial score (nSPS) is 8.65. The first-order chi connectivity index (χ1) is 8.08. The maximum Gasteiger partial charge on any atom is 0.271 e. The third kappa shape index (κ3) is 3.16. The Morgan fingerprint density at radius 3 is 2.65 bits per heavy atom. The first-order valence-corrected chi connectivity index (χ1v) is 4.54. The number of benzene rings is 1. The molecule has 1 rings (SSSR count). The van der Waals surface area contributed by atoms with Gasteiger partial charge in [0.1, 0.15) is 12.1 Å². The molecule has 0 saturated heterocycles. The van der Waals surface area contributed by atoms with Gasteiger partial charge in [0.2, 0.25) is 5.71 Å². The van der Waals surface area contributed by atoms with E-state index in [2.05, 4.69) is 10.5 Å². The van der Waals surface area contributed by atoms with Crippen LogP contribution in [0.3, 0.4) is 0 Å². The number of nitro groups is 1. The highest BCUT2D eigenvalue weighted by Crippen LogP contribution is 2.26. The van der Waals surface area contributed by atoms with Gasteiger partial charge in [-0.1, -0.05) is 11.6 Å². The van der Waals surface area contributed by atoms with E-state index in [1.54, 1.807) is 0 Å². The van der Waals surface area contributed by atoms with Crippen LogP contribution in [0.5, 0.6) is 0 Å². The summed E-state index contributed by atoms with van der Waals surface area (Å²) in [5.74, 6) is 0. The third-order valence-electron chi connectivity index (χ3n) is 1.66. The molecule has 0 heterocycles. The molecule has 0 atom stereocenters. The van der Waals surface area contributed by atoms with Crippen LogP contribution >= 0.6 is 11.6 Å². The summed E-state index contributed by atoms with van der Waals surface area (Å²) < 4.78 is 0. The number of nitrogens with zero attached hydrogens (tertiary/aromatic N) is 4. The Hall–Kier alpha value is -2.64. The van der Waals surface area contributed by atoms with Crippen LogP contribution in [-0.4, -0.2) is 10.6 Å². The molecule has 1 N–H and O–H groups in total. The molecule has 0 aromatic heterocycles. The lowest BCUT2D eigenvalue weighted by molar-refractivity contribution is -0.384. The molecule has 0 unspecified atom stereocenters. The molecule has 0 amide bonds. The summed E-state index contributed by atoms with van der Waals surface area (Å²) in [6.07, 6.45) is 0. The second kappa shape index (κ2) is 5.45. The number of nitro benzene ring substituents is 1. The van der Waals surface area contributed by atoms with E-state index in [4.69, 9.17) is 22.1 Å². The standard InChI is InChI=1S/C9H4ClN5O2/c10-8-2-1-7(15(16)17)3-9(8)14-13-6(4-11)5-12/h1-3,14H. The van der Waals surface area contributed by atoms with Gasteiger partial charge < -0.3 is 0 Å². The maximum atomic E-state index is 10.5. The van der Waals surface area contributed by atoms with Crippen molar-refractivity contribution < 1.29 is 4.92 Å². The Morgan fingerprint density at radius 1 is 1.47 bits per heavy atom. The molecule has 0 spiro atoms. The Bertz CT molecular complexity index is 554. The Balaban J connectivity index is 3.04. The maximum absolute atomic E-state index is 10.5. The highest BCUT2D eigenvalue weighted by molar-refractivity contribution is 6.33. The smallest absolute Gasteiger partial charge is 0.271 e. The first-order valence-electron chi connectivity index (χ1n) is 4.16. The fourth-order valence-corrected chi connectivity index (χ4v) is 1.06. The molecule has 0 aliphatic rings. The van der Waals surface area contributed by atoms with E-state index in [0.717, 1.165) is 6.07 Å². The molecule has 0 fully saturated rings. The number of hydrogen-bond donors (Lipinski definition) is 1. The lowest BCUT2D eigenvalue weighted by Crippen LogP contribution is -1.98. The average molecular weight is 250 g/mol. The molecule has 0 bridgehead atoms. The van der Waals surface area contributed by atoms with Crippen LogP contribution in [0, 0.1) is 32.8 Å². The van der Waals surface area contributed by atoms with Crippen molar-refractivity contribution >= 4 is 28.7 Å². The van der Waals surface area contributed by atoms with Gasteiger partial charge in [-0.15, -0.1) is 0 Å². The molecule has 0 aliphatic heterocycles. The number of hydrazone groups is 1. The third-order valence-corrected chi connectivity index (χ3v) is 1.99. The molecule has 7 nitrogen and oxygen atoms in total. The summed E-state index contributed by atoms with van der Waals surface area (Å²) in [4.78, 5) is 9.91. The number of rotatable bonds is 3. The first kappa shape index (κ1) is 12.4. The van der Waals surface area contributed by atoms with E-state index in [9.17, 15) is 10.1 Å². The molecular formula is C9H4ClN5O2. The Kier molecular flexibility index (Phi) is 3.98. The van der Waals surface area contributed by atoms with Crippen molar-refractivity contribution in [3.63, 3.8) is 0 Å². The van der Waals surface area contributed by atoms with Crippen LogP contribution in [0.2, 0.25) is 5.02 Å². The van der Waals surface area contributed by atoms with Crippen LogP contribution in [0.1, 0.15) is 0 Å². The summed E-state index contributed by atoms with van der Waals surface area (Å²) >= 11 is 5.75. The molecular weight excluding hydrogens is 246 g/mol. The molecule has 84 valence electrons. The summed E-state index contributed by atoms with van der Waals surface area (Å²) in [7, 11) is 0. The minimum absolute atomic E-state index is 0.142. The van der Waals surface area contributed by atoms with Gasteiger partial charge in [0.15, 0.2) is 0 Å². The van der Waals surface area contributed by atoms with Crippen LogP contribution < -0.4 is 5.43 Å². The van der Waals surface area contributed by atoms with Gasteiger partial charge in [0.25, 0.3) is 5.69 Å². The lowest BCUT2D eigenvalue weighted by atomic mass is 10.3. The van der Waals surface area contributed by atoms with E-state index >= 15 is 0 Å². The minimum atomic E-state index is -0.597. The zero-order valence-electron chi connectivity index (χ0n) is 8.22. The highest BCUT2D eigenvalue weighted by atomic mass is 35.5. The summed E-state index contributed by atoms with van der Waals surface area (Å²) in [6, 6.07) is 6.75. The molecule has 1 aromatic carbocycles. The van der Waals surface area contributed by atoms with E-state index in [-0.39, 0.29) is 16.4 Å². The van der Waals surface area contributed by atoms with Gasteiger partial charge in [0.05, 0.1) is 15.6 Å². The van der Waals surface area contributed by atoms with Gasteiger partial charge >= 0.3 is 0 Å². The molecule has 1 aromatic rings. The monoisotopic (exact) mass is 249 g/mol. The second-order valence-corrected chi connectivity index (χ2v) is 3.12. The Labute approximate surface area is 101 Å². The fourth-order valence-electron chi connectivity index (χ4n) is 0.904. The second-order valence-electron chi connectivity index (χ2n) is 2.72. The predicted molar refractivity (Wildman–Crippen MR) is 60.4 cm³/mol. The van der Waals surface area contributed by atoms with Gasteiger partial charge in [-0.05, 0) is 6.07 Å². The van der Waals surface area contributed by atoms with Crippen molar-refractivity contribution in [2.45, 2.75) is 0 Å². The van der Waals surface area contributed by atoms with Gasteiger partial charge in [-0.2, -0.15) is 15.6 Å². The van der Waals surface area contributed by atoms with Gasteiger partial charge in [0, 0.05) is 12.1 Å². The largest absolute Gasteiger partial charge is 0.275 e. The summed E-state index contributed by atoms with van der Waals surface area (Å²) in [5, 5.41) is 31.0. The van der Waals surface area contributed by atoms with Gasteiger partial charge in [-0.3, -0.25) is 15.5 Å². The molecule has 17 heavy (non-hydrogen) atoms. The average Bonchev–Trinajstić information content (AvgIpc) is 2.32. The molecule has 0 aliphatic carbocycles. The number of non-ortho nitro benzene ring substituents is 1. The van der Waals surface area contributed by atoms with E-state index < -0.39 is 10.6 Å². The van der Waals surface area contributed by atoms with Crippen molar-refractivity contribution in [1.29, 1.82) is 10.5 Å². The van der Waals surface area contributed by atoms with Gasteiger partial charge in [-0.25, -0.2) is 0 Å². The highest BCUT2D eigenvalue weighted by Gasteiger charge is 2.09. The summed E-state index contributed by atoms with van der Waals surface area (Å²) in [6.45, 7) is 0. The zero-order chi connectivity index (χ0) is 12.8. The number of hydrogen-bond acceptors (Lipinski definition) is 6. The van der Waals surface area contributed by atoms with E-state index in [0.29, 0.717) is 0 Å². The fraction of sp³-hybridized carbons (Fsp3) is 0. The van der Waals surface area contributed by atoms with Crippen LogP contribution in [0.4, 0.5) is 11.4 Å². The van der Waals surface area contributed by atoms with Crippen molar-refractivity contribution in [2.75, 3.05) is 5.43 Å². The van der Waals surface area contributed by atoms with Crippen LogP contribution in [-0.2, 0) is 0 Å². The van der Waals surface area contributed by atoms with Crippen molar-refractivity contribution in [3.05, 3.63) is 33.3 Å². The quantitative estimate of drug-likeness (QED) is 0.500. The van der Waals surface area contributed by atoms with Crippen molar-refractivity contribution in [3.8, 4) is 12.1 Å². The van der Waals surface area contributed by atoms with E-state index in [1.165, 1.54) is 24.3 Å². The zero-order valence-corrected chi connectivity index (χ0v) is 8.97. The molecule has 0 radical (unpaired) electrons. The number of anilines is 1. The van der Waals surface area contributed by atoms with Crippen LogP contribution in [0.15, 0.2) is 23.3 Å². The SMILES string of the molecule is N#CC(C#N)=NNc1cc([N+](=O)[O-])ccc1Cl. The molecule has 0 saturated carbocycles. The van der Waals surface area contributed by atoms with E-state index in [1.807, 2.05) is 0 Å². The Morgan fingerprint density at radius 2 is 2.12 bits per heavy atom. The minimum Gasteiger partial charge on any atom is -0.275 e.